The molecular formula is C24H25Cl2NO. The summed E-state index contributed by atoms with van der Waals surface area (Å²) in [6.45, 7) is 0.247. The largest absolute Gasteiger partial charge is 0.396 e. The minimum absolute atomic E-state index is 0. The fourth-order valence-corrected chi connectivity index (χ4v) is 4.10. The average Bonchev–Trinajstić information content (AvgIpc) is 3.16. The third-order valence-electron chi connectivity index (χ3n) is 5.30. The molecule has 0 atom stereocenters. The predicted octanol–water partition coefficient (Wildman–Crippen LogP) is 5.83. The van der Waals surface area contributed by atoms with Crippen molar-refractivity contribution in [2.24, 2.45) is 0 Å². The lowest BCUT2D eigenvalue weighted by atomic mass is 9.96. The lowest BCUT2D eigenvalue weighted by molar-refractivity contribution is 0.288. The highest BCUT2D eigenvalue weighted by molar-refractivity contribution is 6.30. The summed E-state index contributed by atoms with van der Waals surface area (Å²) in [5, 5.41) is 9.73. The molecule has 0 fully saturated rings. The number of halogens is 2. The van der Waals surface area contributed by atoms with Crippen LogP contribution >= 0.6 is 24.0 Å². The Morgan fingerprint density at radius 2 is 1.75 bits per heavy atom. The summed E-state index contributed by atoms with van der Waals surface area (Å²) in [6, 6.07) is 19.0. The second-order valence-electron chi connectivity index (χ2n) is 7.28. The number of aliphatic hydroxyl groups excluding tert-OH is 1. The summed E-state index contributed by atoms with van der Waals surface area (Å²) in [5.74, 6) is 0. The minimum atomic E-state index is 0. The van der Waals surface area contributed by atoms with Gasteiger partial charge in [-0.2, -0.15) is 0 Å². The van der Waals surface area contributed by atoms with Gasteiger partial charge in [-0.15, -0.1) is 12.4 Å². The fraction of sp³-hybridized carbons (Fsp3) is 0.292. The van der Waals surface area contributed by atoms with Gasteiger partial charge in [-0.25, -0.2) is 0 Å². The normalized spacial score (nSPS) is 12.5. The van der Waals surface area contributed by atoms with Gasteiger partial charge in [0.15, 0.2) is 0 Å². The molecule has 4 rings (SSSR count). The molecule has 0 spiro atoms. The highest BCUT2D eigenvalue weighted by atomic mass is 35.5. The summed E-state index contributed by atoms with van der Waals surface area (Å²) < 4.78 is 0. The van der Waals surface area contributed by atoms with E-state index in [-0.39, 0.29) is 19.0 Å². The van der Waals surface area contributed by atoms with Gasteiger partial charge in [0.05, 0.1) is 5.69 Å². The van der Waals surface area contributed by atoms with Gasteiger partial charge in [-0.1, -0.05) is 48.0 Å². The first-order valence-electron chi connectivity index (χ1n) is 9.69. The molecule has 0 radical (unpaired) electrons. The van der Waals surface area contributed by atoms with E-state index in [1.165, 1.54) is 34.4 Å². The third kappa shape index (κ3) is 4.75. The van der Waals surface area contributed by atoms with Crippen LogP contribution in [-0.4, -0.2) is 16.7 Å². The van der Waals surface area contributed by atoms with Gasteiger partial charge in [0, 0.05) is 22.9 Å². The van der Waals surface area contributed by atoms with Gasteiger partial charge in [-0.3, -0.25) is 4.98 Å². The first kappa shape index (κ1) is 20.9. The van der Waals surface area contributed by atoms with Crippen LogP contribution in [0, 0.1) is 0 Å². The third-order valence-corrected chi connectivity index (χ3v) is 5.54. The smallest absolute Gasteiger partial charge is 0.0708 e. The van der Waals surface area contributed by atoms with Crippen LogP contribution in [0.5, 0.6) is 0 Å². The molecule has 0 amide bonds. The molecule has 146 valence electrons. The van der Waals surface area contributed by atoms with E-state index in [9.17, 15) is 0 Å². The molecule has 2 nitrogen and oxygen atoms in total. The molecule has 3 aromatic rings. The number of benzene rings is 2. The summed E-state index contributed by atoms with van der Waals surface area (Å²) >= 11 is 6.19. The summed E-state index contributed by atoms with van der Waals surface area (Å²) in [5.41, 5.74) is 8.78. The van der Waals surface area contributed by atoms with Crippen LogP contribution in [0.25, 0.3) is 11.3 Å². The van der Waals surface area contributed by atoms with Gasteiger partial charge in [0.25, 0.3) is 0 Å². The molecule has 0 unspecified atom stereocenters. The number of aromatic nitrogens is 1. The number of hydrogen-bond donors (Lipinski definition) is 1. The SMILES string of the molecule is Cl.OCCCc1ccc(Cc2cc(-c3cccc(Cl)c3)nc3c2CCC3)cc1. The number of nitrogens with zero attached hydrogens (tertiary/aromatic N) is 1. The van der Waals surface area contributed by atoms with Crippen LogP contribution in [0.3, 0.4) is 0 Å². The van der Waals surface area contributed by atoms with Crippen molar-refractivity contribution in [3.63, 3.8) is 0 Å². The van der Waals surface area contributed by atoms with Crippen molar-refractivity contribution in [1.29, 1.82) is 0 Å². The highest BCUT2D eigenvalue weighted by Crippen LogP contribution is 2.31. The first-order valence-corrected chi connectivity index (χ1v) is 10.1. The van der Waals surface area contributed by atoms with E-state index in [0.29, 0.717) is 0 Å². The average molecular weight is 414 g/mol. The predicted molar refractivity (Wildman–Crippen MR) is 119 cm³/mol. The Balaban J connectivity index is 0.00000225. The molecule has 0 saturated carbocycles. The molecule has 0 saturated heterocycles. The minimum Gasteiger partial charge on any atom is -0.396 e. The van der Waals surface area contributed by atoms with Crippen molar-refractivity contribution in [3.05, 3.63) is 87.6 Å². The van der Waals surface area contributed by atoms with Crippen molar-refractivity contribution in [2.75, 3.05) is 6.61 Å². The molecule has 4 heteroatoms. The molecule has 28 heavy (non-hydrogen) atoms. The Labute approximate surface area is 178 Å². The molecular weight excluding hydrogens is 389 g/mol. The molecule has 0 aliphatic heterocycles. The molecule has 1 aromatic heterocycles. The van der Waals surface area contributed by atoms with Crippen molar-refractivity contribution in [3.8, 4) is 11.3 Å². The van der Waals surface area contributed by atoms with Crippen LogP contribution in [0.4, 0.5) is 0 Å². The van der Waals surface area contributed by atoms with Gasteiger partial charge >= 0.3 is 0 Å². The van der Waals surface area contributed by atoms with Crippen LogP contribution in [0.1, 0.15) is 40.8 Å². The summed E-state index contributed by atoms with van der Waals surface area (Å²) in [6.07, 6.45) is 6.06. The fourth-order valence-electron chi connectivity index (χ4n) is 3.91. The van der Waals surface area contributed by atoms with E-state index in [2.05, 4.69) is 36.4 Å². The van der Waals surface area contributed by atoms with Gasteiger partial charge in [0.1, 0.15) is 0 Å². The molecule has 1 aliphatic rings. The lowest BCUT2D eigenvalue weighted by Gasteiger charge is -2.12. The number of fused-ring (bicyclic) bond motifs is 1. The molecule has 1 aliphatic carbocycles. The van der Waals surface area contributed by atoms with Crippen LogP contribution in [0.2, 0.25) is 5.02 Å². The molecule has 0 bridgehead atoms. The van der Waals surface area contributed by atoms with Crippen molar-refractivity contribution in [1.82, 2.24) is 4.98 Å². The lowest BCUT2D eigenvalue weighted by Crippen LogP contribution is -2.00. The zero-order valence-corrected chi connectivity index (χ0v) is 17.4. The van der Waals surface area contributed by atoms with Crippen LogP contribution in [-0.2, 0) is 25.7 Å². The van der Waals surface area contributed by atoms with E-state index in [0.717, 1.165) is 48.4 Å². The summed E-state index contributed by atoms with van der Waals surface area (Å²) in [7, 11) is 0. The second-order valence-corrected chi connectivity index (χ2v) is 7.71. The van der Waals surface area contributed by atoms with E-state index < -0.39 is 0 Å². The second kappa shape index (κ2) is 9.56. The van der Waals surface area contributed by atoms with Gasteiger partial charge in [-0.05, 0) is 79.0 Å². The van der Waals surface area contributed by atoms with Crippen LogP contribution < -0.4 is 0 Å². The summed E-state index contributed by atoms with van der Waals surface area (Å²) in [4.78, 5) is 4.93. The standard InChI is InChI=1S/C24H24ClNO.ClH/c25-21-6-1-5-19(15-21)24-16-20(22-7-2-8-23(22)26-24)14-18-11-9-17(10-12-18)4-3-13-27;/h1,5-6,9-12,15-16,27H,2-4,7-8,13-14H2;1H. The maximum absolute atomic E-state index is 8.99. The molecule has 2 aromatic carbocycles. The zero-order chi connectivity index (χ0) is 18.6. The van der Waals surface area contributed by atoms with E-state index in [1.807, 2.05) is 18.2 Å². The van der Waals surface area contributed by atoms with Gasteiger partial charge in [0.2, 0.25) is 0 Å². The van der Waals surface area contributed by atoms with Gasteiger partial charge < -0.3 is 5.11 Å². The Morgan fingerprint density at radius 1 is 0.964 bits per heavy atom. The number of aryl methyl sites for hydroxylation is 2. The van der Waals surface area contributed by atoms with Crippen LogP contribution in [0.15, 0.2) is 54.6 Å². The Kier molecular flexibility index (Phi) is 7.12. The highest BCUT2D eigenvalue weighted by Gasteiger charge is 2.18. The Hall–Kier alpha value is -1.87. The Morgan fingerprint density at radius 3 is 2.50 bits per heavy atom. The maximum atomic E-state index is 8.99. The van der Waals surface area contributed by atoms with Crippen molar-refractivity contribution >= 4 is 24.0 Å². The molecule has 1 N–H and O–H groups in total. The Bertz CT molecular complexity index is 938. The quantitative estimate of drug-likeness (QED) is 0.551. The van der Waals surface area contributed by atoms with E-state index in [4.69, 9.17) is 21.7 Å². The van der Waals surface area contributed by atoms with E-state index in [1.54, 1.807) is 0 Å². The van der Waals surface area contributed by atoms with Crippen molar-refractivity contribution < 1.29 is 5.11 Å². The zero-order valence-electron chi connectivity index (χ0n) is 15.8. The van der Waals surface area contributed by atoms with Crippen molar-refractivity contribution in [2.45, 2.75) is 38.5 Å². The number of rotatable bonds is 6. The molecule has 1 heterocycles. The monoisotopic (exact) mass is 413 g/mol. The number of hydrogen-bond acceptors (Lipinski definition) is 2. The topological polar surface area (TPSA) is 33.1 Å². The van der Waals surface area contributed by atoms with E-state index >= 15 is 0 Å². The maximum Gasteiger partial charge on any atom is 0.0708 e. The number of aliphatic hydroxyl groups is 1. The first-order chi connectivity index (χ1) is 13.2. The number of pyridine rings is 1.